The molecule has 0 spiro atoms. The molecule has 1 rings (SSSR count). The zero-order chi connectivity index (χ0) is 13.7. The molecule has 0 saturated heterocycles. The highest BCUT2D eigenvalue weighted by molar-refractivity contribution is 5.70. The van der Waals surface area contributed by atoms with Crippen molar-refractivity contribution in [3.63, 3.8) is 0 Å². The Morgan fingerprint density at radius 2 is 2.17 bits per heavy atom. The van der Waals surface area contributed by atoms with Crippen LogP contribution in [-0.4, -0.2) is 34.5 Å². The van der Waals surface area contributed by atoms with Crippen molar-refractivity contribution in [2.45, 2.75) is 33.2 Å². The van der Waals surface area contributed by atoms with Gasteiger partial charge in [-0.15, -0.1) is 0 Å². The summed E-state index contributed by atoms with van der Waals surface area (Å²) in [4.78, 5) is 20.6. The van der Waals surface area contributed by atoms with Crippen molar-refractivity contribution in [3.8, 4) is 0 Å². The molecule has 0 aliphatic carbocycles. The second-order valence-corrected chi connectivity index (χ2v) is 3.94. The summed E-state index contributed by atoms with van der Waals surface area (Å²) in [7, 11) is 1.61. The van der Waals surface area contributed by atoms with Crippen LogP contribution < -0.4 is 10.2 Å². The lowest BCUT2D eigenvalue weighted by Crippen LogP contribution is -2.33. The van der Waals surface area contributed by atoms with Gasteiger partial charge in [-0.3, -0.25) is 10.1 Å². The van der Waals surface area contributed by atoms with Crippen molar-refractivity contribution < 1.29 is 4.92 Å². The van der Waals surface area contributed by atoms with E-state index in [1.807, 2.05) is 25.7 Å². The topological polar surface area (TPSA) is 84.2 Å². The zero-order valence-electron chi connectivity index (χ0n) is 11.2. The van der Waals surface area contributed by atoms with E-state index in [0.717, 1.165) is 6.42 Å². The van der Waals surface area contributed by atoms with E-state index in [-0.39, 0.29) is 17.5 Å². The van der Waals surface area contributed by atoms with Crippen molar-refractivity contribution in [2.24, 2.45) is 0 Å². The van der Waals surface area contributed by atoms with Crippen LogP contribution in [0.5, 0.6) is 0 Å². The van der Waals surface area contributed by atoms with Crippen molar-refractivity contribution in [1.82, 2.24) is 9.97 Å². The lowest BCUT2D eigenvalue weighted by Gasteiger charge is -2.27. The largest absolute Gasteiger partial charge is 0.367 e. The highest BCUT2D eigenvalue weighted by Crippen LogP contribution is 2.32. The molecule has 1 aromatic rings. The number of anilines is 2. The van der Waals surface area contributed by atoms with Crippen molar-refractivity contribution in [2.75, 3.05) is 23.8 Å². The maximum absolute atomic E-state index is 11.2. The average molecular weight is 253 g/mol. The van der Waals surface area contributed by atoms with Crippen LogP contribution in [0, 0.1) is 10.1 Å². The normalized spacial score (nSPS) is 12.0. The number of hydrogen-bond acceptors (Lipinski definition) is 6. The number of hydrogen-bond donors (Lipinski definition) is 1. The van der Waals surface area contributed by atoms with E-state index in [9.17, 15) is 10.1 Å². The van der Waals surface area contributed by atoms with Gasteiger partial charge in [0.1, 0.15) is 6.33 Å². The number of nitro groups is 1. The van der Waals surface area contributed by atoms with Crippen LogP contribution >= 0.6 is 0 Å². The molecular weight excluding hydrogens is 234 g/mol. The van der Waals surface area contributed by atoms with Gasteiger partial charge in [0, 0.05) is 19.6 Å². The first kappa shape index (κ1) is 14.1. The Labute approximate surface area is 106 Å². The Bertz CT molecular complexity index is 424. The molecule has 0 aliphatic rings. The number of rotatable bonds is 6. The van der Waals surface area contributed by atoms with Gasteiger partial charge in [-0.05, 0) is 20.3 Å². The van der Waals surface area contributed by atoms with E-state index in [1.165, 1.54) is 6.33 Å². The van der Waals surface area contributed by atoms with Crippen molar-refractivity contribution in [1.29, 1.82) is 0 Å². The third kappa shape index (κ3) is 2.66. The molecule has 0 aliphatic heterocycles. The Balaban J connectivity index is 3.33. The molecule has 0 saturated carbocycles. The van der Waals surface area contributed by atoms with E-state index in [0.29, 0.717) is 12.4 Å². The fraction of sp³-hybridized carbons (Fsp3) is 0.636. The third-order valence-electron chi connectivity index (χ3n) is 2.96. The molecule has 1 heterocycles. The first-order valence-corrected chi connectivity index (χ1v) is 6.00. The third-order valence-corrected chi connectivity index (χ3v) is 2.96. The summed E-state index contributed by atoms with van der Waals surface area (Å²) in [5.41, 5.74) is -0.0675. The average Bonchev–Trinajstić information content (AvgIpc) is 2.38. The molecule has 1 atom stereocenters. The summed E-state index contributed by atoms with van der Waals surface area (Å²) in [5.74, 6) is 0.614. The maximum Gasteiger partial charge on any atom is 0.353 e. The summed E-state index contributed by atoms with van der Waals surface area (Å²) in [6.45, 7) is 6.68. The van der Waals surface area contributed by atoms with E-state index >= 15 is 0 Å². The maximum atomic E-state index is 11.2. The number of aromatic nitrogens is 2. The van der Waals surface area contributed by atoms with Crippen LogP contribution in [0.2, 0.25) is 0 Å². The number of nitrogens with zero attached hydrogens (tertiary/aromatic N) is 4. The Kier molecular flexibility index (Phi) is 4.82. The highest BCUT2D eigenvalue weighted by Gasteiger charge is 2.27. The van der Waals surface area contributed by atoms with Crippen LogP contribution in [0.1, 0.15) is 27.2 Å². The second kappa shape index (κ2) is 6.13. The minimum atomic E-state index is -0.438. The van der Waals surface area contributed by atoms with E-state index in [4.69, 9.17) is 0 Å². The van der Waals surface area contributed by atoms with Gasteiger partial charge >= 0.3 is 5.69 Å². The highest BCUT2D eigenvalue weighted by atomic mass is 16.6. The molecule has 7 heteroatoms. The minimum Gasteiger partial charge on any atom is -0.367 e. The first-order chi connectivity index (χ1) is 8.56. The first-order valence-electron chi connectivity index (χ1n) is 6.00. The number of nitrogens with one attached hydrogen (secondary N) is 1. The van der Waals surface area contributed by atoms with Gasteiger partial charge in [0.25, 0.3) is 0 Å². The fourth-order valence-electron chi connectivity index (χ4n) is 1.82. The summed E-state index contributed by atoms with van der Waals surface area (Å²) < 4.78 is 0. The van der Waals surface area contributed by atoms with Gasteiger partial charge in [0.2, 0.25) is 11.6 Å². The fourth-order valence-corrected chi connectivity index (χ4v) is 1.82. The van der Waals surface area contributed by atoms with Crippen LogP contribution in [0.25, 0.3) is 0 Å². The van der Waals surface area contributed by atoms with Crippen molar-refractivity contribution in [3.05, 3.63) is 16.4 Å². The molecule has 18 heavy (non-hydrogen) atoms. The Morgan fingerprint density at radius 1 is 1.50 bits per heavy atom. The molecule has 1 unspecified atom stereocenters. The molecule has 0 bridgehead atoms. The standard InChI is InChI=1S/C11H19N5O2/c1-5-8(3)15(6-2)11-9(16(17)18)10(12-4)13-7-14-11/h7-8H,5-6H2,1-4H3,(H,12,13,14). The Morgan fingerprint density at radius 3 is 2.61 bits per heavy atom. The minimum absolute atomic E-state index is 0.0675. The van der Waals surface area contributed by atoms with E-state index in [1.54, 1.807) is 7.05 Å². The summed E-state index contributed by atoms with van der Waals surface area (Å²) in [6.07, 6.45) is 2.24. The predicted octanol–water partition coefficient (Wildman–Crippen LogP) is 2.05. The van der Waals surface area contributed by atoms with Crippen LogP contribution in [-0.2, 0) is 0 Å². The predicted molar refractivity (Wildman–Crippen MR) is 71.0 cm³/mol. The van der Waals surface area contributed by atoms with Crippen LogP contribution in [0.15, 0.2) is 6.33 Å². The van der Waals surface area contributed by atoms with Gasteiger partial charge in [0.05, 0.1) is 4.92 Å². The summed E-state index contributed by atoms with van der Waals surface area (Å²) in [6, 6.07) is 0.188. The lowest BCUT2D eigenvalue weighted by molar-refractivity contribution is -0.383. The van der Waals surface area contributed by atoms with Crippen molar-refractivity contribution >= 4 is 17.3 Å². The Hall–Kier alpha value is -1.92. The molecule has 7 nitrogen and oxygen atoms in total. The molecular formula is C11H19N5O2. The molecule has 0 amide bonds. The summed E-state index contributed by atoms with van der Waals surface area (Å²) >= 11 is 0. The smallest absolute Gasteiger partial charge is 0.353 e. The van der Waals surface area contributed by atoms with Crippen LogP contribution in [0.3, 0.4) is 0 Å². The SMILES string of the molecule is CCC(C)N(CC)c1ncnc(NC)c1[N+](=O)[O-]. The lowest BCUT2D eigenvalue weighted by atomic mass is 10.2. The summed E-state index contributed by atoms with van der Waals surface area (Å²) in [5, 5.41) is 13.9. The quantitative estimate of drug-likeness (QED) is 0.617. The van der Waals surface area contributed by atoms with Gasteiger partial charge in [-0.2, -0.15) is 0 Å². The monoisotopic (exact) mass is 253 g/mol. The molecule has 0 aromatic carbocycles. The van der Waals surface area contributed by atoms with Gasteiger partial charge < -0.3 is 10.2 Å². The van der Waals surface area contributed by atoms with E-state index < -0.39 is 4.92 Å². The van der Waals surface area contributed by atoms with Crippen LogP contribution in [0.4, 0.5) is 17.3 Å². The molecule has 1 N–H and O–H groups in total. The van der Waals surface area contributed by atoms with E-state index in [2.05, 4.69) is 15.3 Å². The molecule has 100 valence electrons. The molecule has 1 aromatic heterocycles. The molecule has 0 fully saturated rings. The van der Waals surface area contributed by atoms with Gasteiger partial charge in [-0.25, -0.2) is 9.97 Å². The second-order valence-electron chi connectivity index (χ2n) is 3.94. The van der Waals surface area contributed by atoms with Gasteiger partial charge in [0.15, 0.2) is 0 Å². The zero-order valence-corrected chi connectivity index (χ0v) is 11.2. The van der Waals surface area contributed by atoms with Gasteiger partial charge in [-0.1, -0.05) is 6.92 Å². The molecule has 0 radical (unpaired) electrons.